The Kier molecular flexibility index (Phi) is 4.64. The van der Waals surface area contributed by atoms with Crippen LogP contribution in [0.4, 0.5) is 4.79 Å². The number of aliphatic carboxylic acids is 1. The van der Waals surface area contributed by atoms with E-state index in [4.69, 9.17) is 5.11 Å². The quantitative estimate of drug-likeness (QED) is 0.559. The molecule has 1 aromatic rings. The number of hydrogen-bond donors (Lipinski definition) is 4. The first kappa shape index (κ1) is 13.9. The predicted molar refractivity (Wildman–Crippen MR) is 62.9 cm³/mol. The van der Waals surface area contributed by atoms with Gasteiger partial charge >= 0.3 is 12.0 Å². The zero-order valence-electron chi connectivity index (χ0n) is 10.4. The molecule has 2 amide bonds. The number of urea groups is 1. The third-order valence-corrected chi connectivity index (χ3v) is 2.38. The van der Waals surface area contributed by atoms with Crippen molar-refractivity contribution in [1.29, 1.82) is 0 Å². The molecule has 1 rings (SSSR count). The lowest BCUT2D eigenvalue weighted by atomic mass is 9.94. The monoisotopic (exact) mass is 255 g/mol. The molecule has 0 radical (unpaired) electrons. The molecule has 8 heteroatoms. The summed E-state index contributed by atoms with van der Waals surface area (Å²) in [6.07, 6.45) is 1.93. The fourth-order valence-corrected chi connectivity index (χ4v) is 1.09. The van der Waals surface area contributed by atoms with Gasteiger partial charge in [0.1, 0.15) is 12.2 Å². The van der Waals surface area contributed by atoms with Gasteiger partial charge in [0.25, 0.3) is 0 Å². The number of carbonyl (C=O) groups is 2. The third-order valence-electron chi connectivity index (χ3n) is 2.38. The molecule has 18 heavy (non-hydrogen) atoms. The van der Waals surface area contributed by atoms with E-state index in [1.807, 2.05) is 0 Å². The number of rotatable bonds is 6. The Morgan fingerprint density at radius 3 is 2.72 bits per heavy atom. The zero-order valence-corrected chi connectivity index (χ0v) is 10.4. The predicted octanol–water partition coefficient (Wildman–Crippen LogP) is -0.243. The van der Waals surface area contributed by atoms with Crippen LogP contribution < -0.4 is 10.6 Å². The second-order valence-electron chi connectivity index (χ2n) is 4.48. The van der Waals surface area contributed by atoms with E-state index < -0.39 is 17.4 Å². The minimum absolute atomic E-state index is 0.0659. The van der Waals surface area contributed by atoms with Crippen molar-refractivity contribution < 1.29 is 14.7 Å². The van der Waals surface area contributed by atoms with Crippen molar-refractivity contribution in [3.05, 3.63) is 12.2 Å². The number of nitrogens with zero attached hydrogens (tertiary/aromatic N) is 2. The highest BCUT2D eigenvalue weighted by molar-refractivity contribution is 5.77. The lowest BCUT2D eigenvalue weighted by Crippen LogP contribution is -2.44. The average Bonchev–Trinajstić information content (AvgIpc) is 2.79. The van der Waals surface area contributed by atoms with Crippen LogP contribution in [0.2, 0.25) is 0 Å². The number of carboxylic acid groups (broad SMARTS) is 1. The second kappa shape index (κ2) is 5.99. The third kappa shape index (κ3) is 4.40. The fraction of sp³-hybridized carbons (Fsp3) is 0.600. The van der Waals surface area contributed by atoms with Crippen LogP contribution in [0.3, 0.4) is 0 Å². The number of H-pyrrole nitrogens is 1. The van der Waals surface area contributed by atoms with Gasteiger partial charge in [0, 0.05) is 19.5 Å². The van der Waals surface area contributed by atoms with Crippen molar-refractivity contribution in [1.82, 2.24) is 25.8 Å². The van der Waals surface area contributed by atoms with Crippen LogP contribution in [0, 0.1) is 5.41 Å². The smallest absolute Gasteiger partial charge is 0.314 e. The molecule has 0 spiro atoms. The van der Waals surface area contributed by atoms with Gasteiger partial charge in [-0.25, -0.2) is 9.78 Å². The summed E-state index contributed by atoms with van der Waals surface area (Å²) in [6.45, 7) is 3.55. The molecule has 0 saturated heterocycles. The van der Waals surface area contributed by atoms with Crippen molar-refractivity contribution in [2.45, 2.75) is 20.3 Å². The first-order valence-corrected chi connectivity index (χ1v) is 5.51. The highest BCUT2D eigenvalue weighted by Gasteiger charge is 2.27. The van der Waals surface area contributed by atoms with Crippen molar-refractivity contribution in [3.8, 4) is 0 Å². The Morgan fingerprint density at radius 2 is 2.17 bits per heavy atom. The zero-order chi connectivity index (χ0) is 13.6. The second-order valence-corrected chi connectivity index (χ2v) is 4.48. The van der Waals surface area contributed by atoms with Crippen molar-refractivity contribution in [3.63, 3.8) is 0 Å². The number of hydrogen-bond acceptors (Lipinski definition) is 4. The molecule has 0 atom stereocenters. The molecule has 8 nitrogen and oxygen atoms in total. The van der Waals surface area contributed by atoms with E-state index in [0.717, 1.165) is 0 Å². The van der Waals surface area contributed by atoms with Crippen LogP contribution in [0.5, 0.6) is 0 Å². The van der Waals surface area contributed by atoms with Crippen molar-refractivity contribution in [2.75, 3.05) is 13.1 Å². The van der Waals surface area contributed by atoms with Gasteiger partial charge in [0.05, 0.1) is 5.41 Å². The van der Waals surface area contributed by atoms with Crippen molar-refractivity contribution >= 4 is 12.0 Å². The van der Waals surface area contributed by atoms with Gasteiger partial charge in [-0.2, -0.15) is 5.10 Å². The maximum atomic E-state index is 11.4. The van der Waals surface area contributed by atoms with Gasteiger partial charge in [-0.1, -0.05) is 0 Å². The molecule has 0 unspecified atom stereocenters. The van der Waals surface area contributed by atoms with Gasteiger partial charge in [-0.05, 0) is 13.8 Å². The summed E-state index contributed by atoms with van der Waals surface area (Å²) in [5, 5.41) is 20.3. The Hall–Kier alpha value is -2.12. The summed E-state index contributed by atoms with van der Waals surface area (Å²) in [5.74, 6) is -0.273. The summed E-state index contributed by atoms with van der Waals surface area (Å²) in [7, 11) is 0. The van der Waals surface area contributed by atoms with E-state index in [-0.39, 0.29) is 6.54 Å². The molecule has 100 valence electrons. The fourth-order valence-electron chi connectivity index (χ4n) is 1.09. The first-order chi connectivity index (χ1) is 8.42. The molecule has 0 aromatic carbocycles. The molecule has 0 saturated carbocycles. The van der Waals surface area contributed by atoms with Gasteiger partial charge in [0.2, 0.25) is 0 Å². The largest absolute Gasteiger partial charge is 0.481 e. The Labute approximate surface area is 104 Å². The topological polar surface area (TPSA) is 120 Å². The Bertz CT molecular complexity index is 402. The van der Waals surface area contributed by atoms with E-state index in [9.17, 15) is 9.59 Å². The van der Waals surface area contributed by atoms with E-state index in [2.05, 4.69) is 25.8 Å². The van der Waals surface area contributed by atoms with Crippen LogP contribution >= 0.6 is 0 Å². The molecule has 4 N–H and O–H groups in total. The van der Waals surface area contributed by atoms with Crippen LogP contribution in [0.15, 0.2) is 6.33 Å². The summed E-state index contributed by atoms with van der Waals surface area (Å²) in [4.78, 5) is 26.1. The summed E-state index contributed by atoms with van der Waals surface area (Å²) >= 11 is 0. The van der Waals surface area contributed by atoms with Gasteiger partial charge < -0.3 is 15.7 Å². The van der Waals surface area contributed by atoms with Crippen LogP contribution in [0.1, 0.15) is 19.7 Å². The maximum Gasteiger partial charge on any atom is 0.314 e. The molecule has 0 bridgehead atoms. The van der Waals surface area contributed by atoms with E-state index in [1.165, 1.54) is 6.33 Å². The number of aromatic amines is 1. The summed E-state index contributed by atoms with van der Waals surface area (Å²) in [5.41, 5.74) is -0.984. The highest BCUT2D eigenvalue weighted by atomic mass is 16.4. The molecule has 1 aromatic heterocycles. The minimum atomic E-state index is -0.984. The number of carbonyl (C=O) groups excluding carboxylic acids is 1. The van der Waals surface area contributed by atoms with Gasteiger partial charge in [0.15, 0.2) is 0 Å². The van der Waals surface area contributed by atoms with Crippen molar-refractivity contribution in [2.24, 2.45) is 5.41 Å². The highest BCUT2D eigenvalue weighted by Crippen LogP contribution is 2.12. The first-order valence-electron chi connectivity index (χ1n) is 5.51. The van der Waals surface area contributed by atoms with E-state index in [1.54, 1.807) is 13.8 Å². The number of carboxylic acids is 1. The average molecular weight is 255 g/mol. The maximum absolute atomic E-state index is 11.4. The van der Waals surface area contributed by atoms with Gasteiger partial charge in [-0.15, -0.1) is 0 Å². The standard InChI is InChI=1S/C10H17N5O3/c1-10(2,8(16)17)5-12-9(18)11-4-3-7-13-6-14-15-7/h6H,3-5H2,1-2H3,(H,16,17)(H2,11,12,18)(H,13,14,15). The lowest BCUT2D eigenvalue weighted by molar-refractivity contribution is -0.146. The number of nitrogens with one attached hydrogen (secondary N) is 3. The molecule has 0 aliphatic heterocycles. The molecule has 0 fully saturated rings. The van der Waals surface area contributed by atoms with Crippen LogP contribution in [0.25, 0.3) is 0 Å². The van der Waals surface area contributed by atoms with E-state index >= 15 is 0 Å². The molecule has 0 aliphatic rings. The Morgan fingerprint density at radius 1 is 1.44 bits per heavy atom. The van der Waals surface area contributed by atoms with Crippen LogP contribution in [-0.4, -0.2) is 45.4 Å². The summed E-state index contributed by atoms with van der Waals surface area (Å²) in [6, 6.07) is -0.399. The minimum Gasteiger partial charge on any atom is -0.481 e. The van der Waals surface area contributed by atoms with E-state index in [0.29, 0.717) is 18.8 Å². The number of amides is 2. The van der Waals surface area contributed by atoms with Crippen LogP contribution in [-0.2, 0) is 11.2 Å². The number of aromatic nitrogens is 3. The Balaban J connectivity index is 2.20. The molecule has 0 aliphatic carbocycles. The SMILES string of the molecule is CC(C)(CNC(=O)NCCc1ncn[nH]1)C(=O)O. The lowest BCUT2D eigenvalue weighted by Gasteiger charge is -2.19. The van der Waals surface area contributed by atoms with Gasteiger partial charge in [-0.3, -0.25) is 9.89 Å². The molecular weight excluding hydrogens is 238 g/mol. The molecule has 1 heterocycles. The normalized spacial score (nSPS) is 11.0. The summed E-state index contributed by atoms with van der Waals surface area (Å²) < 4.78 is 0. The molecular formula is C10H17N5O3.